The van der Waals surface area contributed by atoms with Crippen molar-refractivity contribution in [3.63, 3.8) is 0 Å². The number of piperidine rings is 1. The summed E-state index contributed by atoms with van der Waals surface area (Å²) in [5, 5.41) is 9.39. The largest absolute Gasteiger partial charge is 0.465 e. The summed E-state index contributed by atoms with van der Waals surface area (Å²) >= 11 is 0. The van der Waals surface area contributed by atoms with Gasteiger partial charge in [0.2, 0.25) is 0 Å². The van der Waals surface area contributed by atoms with Crippen molar-refractivity contribution in [1.29, 1.82) is 0 Å². The zero-order valence-electron chi connectivity index (χ0n) is 18.1. The van der Waals surface area contributed by atoms with Gasteiger partial charge in [-0.25, -0.2) is 4.79 Å². The highest BCUT2D eigenvalue weighted by atomic mass is 16.5. The van der Waals surface area contributed by atoms with Crippen LogP contribution in [0.1, 0.15) is 40.5 Å². The molecular weight excluding hydrogens is 386 g/mol. The van der Waals surface area contributed by atoms with Crippen molar-refractivity contribution < 1.29 is 24.2 Å². The summed E-state index contributed by atoms with van der Waals surface area (Å²) in [6.07, 6.45) is -0.594. The predicted molar refractivity (Wildman–Crippen MR) is 112 cm³/mol. The summed E-state index contributed by atoms with van der Waals surface area (Å²) in [7, 11) is 0. The fourth-order valence-electron chi connectivity index (χ4n) is 4.71. The highest BCUT2D eigenvalue weighted by molar-refractivity contribution is 5.96. The number of hydrogen-bond donors (Lipinski definition) is 1. The molecule has 2 heterocycles. The number of carbonyl (C=O) groups excluding carboxylic acids is 2. The van der Waals surface area contributed by atoms with Gasteiger partial charge in [0, 0.05) is 24.2 Å². The van der Waals surface area contributed by atoms with Crippen molar-refractivity contribution in [2.45, 2.75) is 52.2 Å². The van der Waals surface area contributed by atoms with Gasteiger partial charge in [0.1, 0.15) is 18.2 Å². The Kier molecular flexibility index (Phi) is 5.97. The molecule has 2 aliphatic heterocycles. The first-order chi connectivity index (χ1) is 14.1. The fraction of sp³-hybridized carbons (Fsp3) is 0.591. The maximum Gasteiger partial charge on any atom is 0.407 e. The average Bonchev–Trinajstić information content (AvgIpc) is 2.92. The van der Waals surface area contributed by atoms with E-state index in [2.05, 4.69) is 4.90 Å². The molecule has 1 aromatic carbocycles. The van der Waals surface area contributed by atoms with Crippen molar-refractivity contribution >= 4 is 23.7 Å². The molecule has 1 atom stereocenters. The molecule has 1 unspecified atom stereocenters. The third-order valence-electron chi connectivity index (χ3n) is 5.93. The van der Waals surface area contributed by atoms with E-state index in [0.29, 0.717) is 12.8 Å². The van der Waals surface area contributed by atoms with Gasteiger partial charge in [0.05, 0.1) is 6.61 Å². The monoisotopic (exact) mass is 417 g/mol. The van der Waals surface area contributed by atoms with Crippen LogP contribution < -0.4 is 4.90 Å². The second-order valence-electron chi connectivity index (χ2n) is 8.98. The third-order valence-corrected chi connectivity index (χ3v) is 5.93. The number of benzene rings is 1. The van der Waals surface area contributed by atoms with Gasteiger partial charge in [0.25, 0.3) is 5.91 Å². The number of carboxylic acid groups (broad SMARTS) is 1. The van der Waals surface area contributed by atoms with E-state index in [4.69, 9.17) is 4.74 Å². The van der Waals surface area contributed by atoms with Gasteiger partial charge in [-0.15, -0.1) is 0 Å². The first-order valence-corrected chi connectivity index (χ1v) is 10.4. The summed E-state index contributed by atoms with van der Waals surface area (Å²) in [5.41, 5.74) is -0.357. The third kappa shape index (κ3) is 3.82. The molecule has 2 saturated heterocycles. The topological polar surface area (TPSA) is 90.4 Å². The minimum atomic E-state index is -0.975. The molecular formula is C22H31N3O5. The van der Waals surface area contributed by atoms with E-state index in [0.717, 1.165) is 5.69 Å². The summed E-state index contributed by atoms with van der Waals surface area (Å²) < 4.78 is 5.14. The van der Waals surface area contributed by atoms with Crippen LogP contribution in [0.4, 0.5) is 10.5 Å². The molecule has 1 aromatic rings. The van der Waals surface area contributed by atoms with Crippen LogP contribution >= 0.6 is 0 Å². The van der Waals surface area contributed by atoms with Gasteiger partial charge in [-0.05, 0) is 31.9 Å². The Morgan fingerprint density at radius 2 is 1.77 bits per heavy atom. The standard InChI is InChI=1S/C22H31N3O5/c1-5-30-17(26)15-24-18(21(2,3)4)25(16-9-7-6-8-10-16)22(19(24)27)11-13-23(14-12-22)20(28)29/h6-10,18H,5,11-15H2,1-4H3,(H,28,29). The number of amides is 2. The molecule has 3 rings (SSSR count). The fourth-order valence-corrected chi connectivity index (χ4v) is 4.71. The number of ether oxygens (including phenoxy) is 1. The molecule has 1 N–H and O–H groups in total. The summed E-state index contributed by atoms with van der Waals surface area (Å²) in [6.45, 7) is 8.55. The lowest BCUT2D eigenvalue weighted by atomic mass is 9.84. The lowest BCUT2D eigenvalue weighted by molar-refractivity contribution is -0.150. The Morgan fingerprint density at radius 3 is 2.27 bits per heavy atom. The minimum absolute atomic E-state index is 0.123. The van der Waals surface area contributed by atoms with Gasteiger partial charge in [-0.3, -0.25) is 9.59 Å². The van der Waals surface area contributed by atoms with Crippen LogP contribution in [0.3, 0.4) is 0 Å². The van der Waals surface area contributed by atoms with Crippen LogP contribution in [0.2, 0.25) is 0 Å². The Hall–Kier alpha value is -2.77. The quantitative estimate of drug-likeness (QED) is 0.758. The number of esters is 1. The summed E-state index contributed by atoms with van der Waals surface area (Å²) in [5.74, 6) is -0.572. The Balaban J connectivity index is 2.08. The zero-order valence-corrected chi connectivity index (χ0v) is 18.1. The van der Waals surface area contributed by atoms with Crippen LogP contribution in [-0.4, -0.2) is 70.8 Å². The molecule has 0 saturated carbocycles. The van der Waals surface area contributed by atoms with Crippen molar-refractivity contribution in [3.8, 4) is 0 Å². The van der Waals surface area contributed by atoms with E-state index in [1.54, 1.807) is 11.8 Å². The first kappa shape index (κ1) is 21.9. The minimum Gasteiger partial charge on any atom is -0.465 e. The van der Waals surface area contributed by atoms with Gasteiger partial charge < -0.3 is 24.5 Å². The Labute approximate surface area is 177 Å². The molecule has 8 heteroatoms. The van der Waals surface area contributed by atoms with E-state index in [1.807, 2.05) is 51.1 Å². The van der Waals surface area contributed by atoms with Crippen LogP contribution in [0.25, 0.3) is 0 Å². The normalized spacial score (nSPS) is 21.3. The summed E-state index contributed by atoms with van der Waals surface area (Å²) in [6, 6.07) is 9.70. The Morgan fingerprint density at radius 1 is 1.17 bits per heavy atom. The number of anilines is 1. The number of nitrogens with zero attached hydrogens (tertiary/aromatic N) is 3. The number of carbonyl (C=O) groups is 3. The van der Waals surface area contributed by atoms with E-state index in [-0.39, 0.29) is 43.7 Å². The van der Waals surface area contributed by atoms with Crippen molar-refractivity contribution in [2.75, 3.05) is 31.1 Å². The van der Waals surface area contributed by atoms with Gasteiger partial charge >= 0.3 is 12.1 Å². The van der Waals surface area contributed by atoms with E-state index >= 15 is 0 Å². The summed E-state index contributed by atoms with van der Waals surface area (Å²) in [4.78, 5) is 42.7. The number of rotatable bonds is 4. The van der Waals surface area contributed by atoms with Crippen LogP contribution in [0.15, 0.2) is 30.3 Å². The van der Waals surface area contributed by atoms with E-state index < -0.39 is 17.6 Å². The highest BCUT2D eigenvalue weighted by Gasteiger charge is 2.61. The molecule has 2 fully saturated rings. The van der Waals surface area contributed by atoms with Crippen molar-refractivity contribution in [1.82, 2.24) is 9.80 Å². The lowest BCUT2D eigenvalue weighted by Gasteiger charge is -2.47. The average molecular weight is 418 g/mol. The second-order valence-corrected chi connectivity index (χ2v) is 8.98. The maximum absolute atomic E-state index is 13.8. The second kappa shape index (κ2) is 8.16. The SMILES string of the molecule is CCOC(=O)CN1C(=O)C2(CCN(C(=O)O)CC2)N(c2ccccc2)C1C(C)(C)C. The molecule has 2 aliphatic rings. The van der Waals surface area contributed by atoms with Crippen LogP contribution in [0.5, 0.6) is 0 Å². The van der Waals surface area contributed by atoms with Crippen molar-refractivity contribution in [3.05, 3.63) is 30.3 Å². The molecule has 0 aromatic heterocycles. The lowest BCUT2D eigenvalue weighted by Crippen LogP contribution is -2.59. The molecule has 30 heavy (non-hydrogen) atoms. The molecule has 8 nitrogen and oxygen atoms in total. The zero-order chi connectivity index (χ0) is 22.1. The molecule has 2 amide bonds. The number of para-hydroxylation sites is 1. The van der Waals surface area contributed by atoms with Gasteiger partial charge in [-0.1, -0.05) is 39.0 Å². The smallest absolute Gasteiger partial charge is 0.407 e. The first-order valence-electron chi connectivity index (χ1n) is 10.4. The molecule has 0 radical (unpaired) electrons. The number of likely N-dealkylation sites (tertiary alicyclic amines) is 1. The van der Waals surface area contributed by atoms with Crippen LogP contribution in [0, 0.1) is 5.41 Å². The van der Waals surface area contributed by atoms with E-state index in [1.165, 1.54) is 4.90 Å². The highest BCUT2D eigenvalue weighted by Crippen LogP contribution is 2.47. The molecule has 0 aliphatic carbocycles. The molecule has 164 valence electrons. The van der Waals surface area contributed by atoms with Gasteiger partial charge in [-0.2, -0.15) is 0 Å². The Bertz CT molecular complexity index is 797. The van der Waals surface area contributed by atoms with Crippen molar-refractivity contribution in [2.24, 2.45) is 5.41 Å². The molecule has 1 spiro atoms. The maximum atomic E-state index is 13.8. The van der Waals surface area contributed by atoms with Gasteiger partial charge in [0.15, 0.2) is 0 Å². The van der Waals surface area contributed by atoms with E-state index in [9.17, 15) is 19.5 Å². The predicted octanol–water partition coefficient (Wildman–Crippen LogP) is 2.78. The molecule has 0 bridgehead atoms. The number of hydrogen-bond acceptors (Lipinski definition) is 5. The van der Waals surface area contributed by atoms with Crippen LogP contribution in [-0.2, 0) is 14.3 Å².